The number of hydrogen-bond donors (Lipinski definition) is 0. The highest BCUT2D eigenvalue weighted by Crippen LogP contribution is 2.19. The second-order valence-electron chi connectivity index (χ2n) is 4.57. The van der Waals surface area contributed by atoms with Gasteiger partial charge in [-0.3, -0.25) is 0 Å². The maximum atomic E-state index is 6.03. The van der Waals surface area contributed by atoms with E-state index in [0.717, 1.165) is 18.1 Å². The van der Waals surface area contributed by atoms with Crippen LogP contribution in [0.5, 0.6) is 5.75 Å². The zero-order chi connectivity index (χ0) is 12.5. The second-order valence-corrected chi connectivity index (χ2v) is 4.88. The molecule has 1 atom stereocenters. The van der Waals surface area contributed by atoms with E-state index in [4.69, 9.17) is 16.3 Å². The van der Waals surface area contributed by atoms with Crippen LogP contribution in [0.1, 0.15) is 38.2 Å². The Labute approximate surface area is 110 Å². The van der Waals surface area contributed by atoms with E-state index in [2.05, 4.69) is 19.1 Å². The lowest BCUT2D eigenvalue weighted by Gasteiger charge is -2.13. The number of unbranched alkanes of at least 4 members (excludes halogenated alkanes) is 2. The summed E-state index contributed by atoms with van der Waals surface area (Å²) in [6, 6.07) is 8.32. The largest absolute Gasteiger partial charge is 0.497 e. The van der Waals surface area contributed by atoms with E-state index in [1.807, 2.05) is 12.1 Å². The van der Waals surface area contributed by atoms with Crippen molar-refractivity contribution in [2.75, 3.05) is 13.0 Å². The Bertz CT molecular complexity index is 294. The van der Waals surface area contributed by atoms with Gasteiger partial charge in [0.15, 0.2) is 0 Å². The molecule has 17 heavy (non-hydrogen) atoms. The molecule has 0 aliphatic carbocycles. The molecule has 0 aliphatic rings. The summed E-state index contributed by atoms with van der Waals surface area (Å²) >= 11 is 6.03. The van der Waals surface area contributed by atoms with E-state index in [-0.39, 0.29) is 0 Å². The lowest BCUT2D eigenvalue weighted by Crippen LogP contribution is -2.06. The Hall–Kier alpha value is -0.690. The minimum atomic E-state index is 0.608. The third kappa shape index (κ3) is 5.45. The SMILES string of the molecule is CCCCCC(CCl)Cc1ccc(OC)cc1. The Morgan fingerprint density at radius 1 is 1.18 bits per heavy atom. The average Bonchev–Trinajstić information content (AvgIpc) is 2.38. The smallest absolute Gasteiger partial charge is 0.118 e. The average molecular weight is 255 g/mol. The molecule has 1 aromatic rings. The molecule has 1 nitrogen and oxygen atoms in total. The van der Waals surface area contributed by atoms with Gasteiger partial charge in [0.25, 0.3) is 0 Å². The summed E-state index contributed by atoms with van der Waals surface area (Å²) < 4.78 is 5.15. The first-order valence-electron chi connectivity index (χ1n) is 6.49. The highest BCUT2D eigenvalue weighted by atomic mass is 35.5. The van der Waals surface area contributed by atoms with Crippen LogP contribution < -0.4 is 4.74 Å². The quantitative estimate of drug-likeness (QED) is 0.484. The van der Waals surface area contributed by atoms with E-state index in [1.165, 1.54) is 31.2 Å². The lowest BCUT2D eigenvalue weighted by molar-refractivity contribution is 0.414. The van der Waals surface area contributed by atoms with Gasteiger partial charge in [0.1, 0.15) is 5.75 Å². The number of alkyl halides is 1. The van der Waals surface area contributed by atoms with Crippen LogP contribution in [0.15, 0.2) is 24.3 Å². The van der Waals surface area contributed by atoms with Gasteiger partial charge in [-0.2, -0.15) is 0 Å². The van der Waals surface area contributed by atoms with E-state index in [9.17, 15) is 0 Å². The van der Waals surface area contributed by atoms with Crippen molar-refractivity contribution in [3.63, 3.8) is 0 Å². The molecule has 0 aromatic heterocycles. The van der Waals surface area contributed by atoms with E-state index in [0.29, 0.717) is 5.92 Å². The van der Waals surface area contributed by atoms with Crippen LogP contribution in [0.25, 0.3) is 0 Å². The molecular formula is C15H23ClO. The summed E-state index contributed by atoms with van der Waals surface area (Å²) in [5.41, 5.74) is 1.35. The first-order chi connectivity index (χ1) is 8.30. The molecule has 96 valence electrons. The summed E-state index contributed by atoms with van der Waals surface area (Å²) in [6.45, 7) is 2.24. The highest BCUT2D eigenvalue weighted by molar-refractivity contribution is 6.18. The summed E-state index contributed by atoms with van der Waals surface area (Å²) in [4.78, 5) is 0. The molecule has 0 amide bonds. The molecule has 0 heterocycles. The topological polar surface area (TPSA) is 9.23 Å². The van der Waals surface area contributed by atoms with Crippen molar-refractivity contribution in [3.05, 3.63) is 29.8 Å². The van der Waals surface area contributed by atoms with E-state index < -0.39 is 0 Å². The normalized spacial score (nSPS) is 12.4. The third-order valence-electron chi connectivity index (χ3n) is 3.12. The maximum Gasteiger partial charge on any atom is 0.118 e. The van der Waals surface area contributed by atoms with Crippen LogP contribution in [0.4, 0.5) is 0 Å². The number of benzene rings is 1. The van der Waals surface area contributed by atoms with E-state index in [1.54, 1.807) is 7.11 Å². The van der Waals surface area contributed by atoms with Crippen LogP contribution in [0.3, 0.4) is 0 Å². The second kappa shape index (κ2) is 8.41. The predicted molar refractivity (Wildman–Crippen MR) is 75.1 cm³/mol. The van der Waals surface area contributed by atoms with Crippen molar-refractivity contribution in [2.45, 2.75) is 39.0 Å². The number of hydrogen-bond acceptors (Lipinski definition) is 1. The molecule has 1 rings (SSSR count). The molecule has 0 saturated heterocycles. The molecule has 0 fully saturated rings. The van der Waals surface area contributed by atoms with Crippen molar-refractivity contribution in [3.8, 4) is 5.75 Å². The molecule has 0 saturated carbocycles. The first-order valence-corrected chi connectivity index (χ1v) is 7.02. The van der Waals surface area contributed by atoms with Gasteiger partial charge in [-0.1, -0.05) is 38.3 Å². The summed E-state index contributed by atoms with van der Waals surface area (Å²) in [6.07, 6.45) is 6.21. The fourth-order valence-corrected chi connectivity index (χ4v) is 2.28. The minimum Gasteiger partial charge on any atom is -0.497 e. The van der Waals surface area contributed by atoms with Crippen LogP contribution in [-0.2, 0) is 6.42 Å². The number of methoxy groups -OCH3 is 1. The molecule has 0 N–H and O–H groups in total. The molecule has 2 heteroatoms. The van der Waals surface area contributed by atoms with Crippen LogP contribution in [-0.4, -0.2) is 13.0 Å². The van der Waals surface area contributed by atoms with Crippen LogP contribution in [0, 0.1) is 5.92 Å². The summed E-state index contributed by atoms with van der Waals surface area (Å²) in [5, 5.41) is 0. The molecule has 0 spiro atoms. The van der Waals surface area contributed by atoms with Crippen molar-refractivity contribution >= 4 is 11.6 Å². The molecule has 1 unspecified atom stereocenters. The first kappa shape index (κ1) is 14.4. The van der Waals surface area contributed by atoms with Gasteiger partial charge in [-0.15, -0.1) is 11.6 Å². The van der Waals surface area contributed by atoms with E-state index >= 15 is 0 Å². The van der Waals surface area contributed by atoms with Crippen molar-refractivity contribution in [1.82, 2.24) is 0 Å². The Morgan fingerprint density at radius 3 is 2.41 bits per heavy atom. The van der Waals surface area contributed by atoms with Gasteiger partial charge >= 0.3 is 0 Å². The minimum absolute atomic E-state index is 0.608. The van der Waals surface area contributed by atoms with Crippen LogP contribution >= 0.6 is 11.6 Å². The number of rotatable bonds is 8. The monoisotopic (exact) mass is 254 g/mol. The van der Waals surface area contributed by atoms with Gasteiger partial charge in [0, 0.05) is 5.88 Å². The number of ether oxygens (including phenoxy) is 1. The maximum absolute atomic E-state index is 6.03. The zero-order valence-electron chi connectivity index (χ0n) is 10.9. The van der Waals surface area contributed by atoms with Crippen molar-refractivity contribution in [1.29, 1.82) is 0 Å². The summed E-state index contributed by atoms with van der Waals surface area (Å²) in [7, 11) is 1.70. The third-order valence-corrected chi connectivity index (χ3v) is 3.55. The fourth-order valence-electron chi connectivity index (χ4n) is 2.01. The Balaban J connectivity index is 2.43. The number of halogens is 1. The molecule has 0 bridgehead atoms. The highest BCUT2D eigenvalue weighted by Gasteiger charge is 2.08. The molecular weight excluding hydrogens is 232 g/mol. The Morgan fingerprint density at radius 2 is 1.88 bits per heavy atom. The van der Waals surface area contributed by atoms with Gasteiger partial charge in [0.2, 0.25) is 0 Å². The Kier molecular flexibility index (Phi) is 7.11. The van der Waals surface area contributed by atoms with Gasteiger partial charge < -0.3 is 4.74 Å². The standard InChI is InChI=1S/C15H23ClO/c1-3-4-5-6-14(12-16)11-13-7-9-15(17-2)10-8-13/h7-10,14H,3-6,11-12H2,1-2H3. The predicted octanol–water partition coefficient (Wildman–Crippen LogP) is 4.67. The van der Waals surface area contributed by atoms with Gasteiger partial charge in [-0.05, 0) is 36.5 Å². The van der Waals surface area contributed by atoms with Crippen LogP contribution in [0.2, 0.25) is 0 Å². The lowest BCUT2D eigenvalue weighted by atomic mass is 9.95. The molecule has 0 aliphatic heterocycles. The van der Waals surface area contributed by atoms with Crippen molar-refractivity contribution in [2.24, 2.45) is 5.92 Å². The summed E-state index contributed by atoms with van der Waals surface area (Å²) in [5.74, 6) is 2.29. The van der Waals surface area contributed by atoms with Gasteiger partial charge in [-0.25, -0.2) is 0 Å². The molecule has 1 aromatic carbocycles. The zero-order valence-corrected chi connectivity index (χ0v) is 11.7. The van der Waals surface area contributed by atoms with Gasteiger partial charge in [0.05, 0.1) is 7.11 Å². The van der Waals surface area contributed by atoms with Crippen molar-refractivity contribution < 1.29 is 4.74 Å². The molecule has 0 radical (unpaired) electrons. The fraction of sp³-hybridized carbons (Fsp3) is 0.600.